The fourth-order valence-corrected chi connectivity index (χ4v) is 2.11. The van der Waals surface area contributed by atoms with Crippen LogP contribution in [0.3, 0.4) is 0 Å². The minimum Gasteiger partial charge on any atom is -0.467 e. The SMILES string of the molecule is C=CCCC[C@@H](NC(=O)[C@H](O)c1ccc(C(F)(F)F)cc1)C(=O)OC. The van der Waals surface area contributed by atoms with Gasteiger partial charge in [0.05, 0.1) is 12.7 Å². The lowest BCUT2D eigenvalue weighted by Crippen LogP contribution is -2.43. The van der Waals surface area contributed by atoms with Gasteiger partial charge in [-0.3, -0.25) is 4.79 Å². The molecule has 0 fully saturated rings. The van der Waals surface area contributed by atoms with Gasteiger partial charge in [-0.25, -0.2) is 4.79 Å². The van der Waals surface area contributed by atoms with Gasteiger partial charge in [0.2, 0.25) is 0 Å². The Labute approximate surface area is 143 Å². The molecule has 2 N–H and O–H groups in total. The highest BCUT2D eigenvalue weighted by atomic mass is 19.4. The number of hydrogen-bond acceptors (Lipinski definition) is 4. The number of carbonyl (C=O) groups is 2. The number of hydrogen-bond donors (Lipinski definition) is 2. The molecule has 1 amide bonds. The van der Waals surface area contributed by atoms with Crippen LogP contribution in [0.1, 0.15) is 36.5 Å². The highest BCUT2D eigenvalue weighted by Crippen LogP contribution is 2.30. The number of aliphatic hydroxyl groups is 1. The Kier molecular flexibility index (Phi) is 7.63. The minimum absolute atomic E-state index is 0.0137. The molecule has 1 rings (SSSR count). The van der Waals surface area contributed by atoms with Crippen LogP contribution in [0, 0.1) is 0 Å². The van der Waals surface area contributed by atoms with E-state index in [1.54, 1.807) is 6.08 Å². The molecule has 0 aliphatic carbocycles. The van der Waals surface area contributed by atoms with Crippen LogP contribution in [0.5, 0.6) is 0 Å². The van der Waals surface area contributed by atoms with Crippen LogP contribution in [0.15, 0.2) is 36.9 Å². The van der Waals surface area contributed by atoms with Crippen molar-refractivity contribution in [1.82, 2.24) is 5.32 Å². The number of ether oxygens (including phenoxy) is 1. The average molecular weight is 359 g/mol. The highest BCUT2D eigenvalue weighted by molar-refractivity contribution is 5.87. The predicted octanol–water partition coefficient (Wildman–Crippen LogP) is 2.75. The van der Waals surface area contributed by atoms with Crippen LogP contribution in [-0.4, -0.2) is 30.1 Å². The van der Waals surface area contributed by atoms with Gasteiger partial charge in [0.15, 0.2) is 6.10 Å². The van der Waals surface area contributed by atoms with Crippen molar-refractivity contribution in [3.05, 3.63) is 48.0 Å². The molecular formula is C17H20F3NO4. The first kappa shape index (κ1) is 20.7. The summed E-state index contributed by atoms with van der Waals surface area (Å²) in [6.45, 7) is 3.55. The van der Waals surface area contributed by atoms with Crippen molar-refractivity contribution < 1.29 is 32.6 Å². The molecule has 0 radical (unpaired) electrons. The largest absolute Gasteiger partial charge is 0.467 e. The third-order valence-corrected chi connectivity index (χ3v) is 3.51. The van der Waals surface area contributed by atoms with Crippen molar-refractivity contribution >= 4 is 11.9 Å². The smallest absolute Gasteiger partial charge is 0.416 e. The molecule has 0 spiro atoms. The molecule has 1 aromatic rings. The maximum atomic E-state index is 12.5. The van der Waals surface area contributed by atoms with Gasteiger partial charge in [-0.1, -0.05) is 18.2 Å². The van der Waals surface area contributed by atoms with E-state index in [0.717, 1.165) is 24.3 Å². The summed E-state index contributed by atoms with van der Waals surface area (Å²) < 4.78 is 42.2. The fraction of sp³-hybridized carbons (Fsp3) is 0.412. The summed E-state index contributed by atoms with van der Waals surface area (Å²) >= 11 is 0. The summed E-state index contributed by atoms with van der Waals surface area (Å²) in [6, 6.07) is 2.61. The number of alkyl halides is 3. The van der Waals surface area contributed by atoms with E-state index in [2.05, 4.69) is 16.6 Å². The van der Waals surface area contributed by atoms with Gasteiger partial charge in [-0.2, -0.15) is 13.2 Å². The zero-order valence-corrected chi connectivity index (χ0v) is 13.7. The van der Waals surface area contributed by atoms with E-state index in [0.29, 0.717) is 12.8 Å². The van der Waals surface area contributed by atoms with Gasteiger partial charge in [0, 0.05) is 0 Å². The zero-order valence-electron chi connectivity index (χ0n) is 13.7. The van der Waals surface area contributed by atoms with Crippen molar-refractivity contribution in [3.8, 4) is 0 Å². The van der Waals surface area contributed by atoms with Crippen LogP contribution in [0.4, 0.5) is 13.2 Å². The first-order valence-electron chi connectivity index (χ1n) is 7.55. The summed E-state index contributed by atoms with van der Waals surface area (Å²) in [5.41, 5.74) is -0.902. The van der Waals surface area contributed by atoms with E-state index < -0.39 is 35.8 Å². The van der Waals surface area contributed by atoms with E-state index in [4.69, 9.17) is 0 Å². The lowest BCUT2D eigenvalue weighted by atomic mass is 10.0. The maximum absolute atomic E-state index is 12.5. The third kappa shape index (κ3) is 6.22. The Bertz CT molecular complexity index is 599. The number of amides is 1. The van der Waals surface area contributed by atoms with E-state index in [9.17, 15) is 27.9 Å². The minimum atomic E-state index is -4.51. The molecule has 0 aromatic heterocycles. The molecule has 5 nitrogen and oxygen atoms in total. The summed E-state index contributed by atoms with van der Waals surface area (Å²) in [6.07, 6.45) is -3.07. The van der Waals surface area contributed by atoms with E-state index in [1.165, 1.54) is 7.11 Å². The lowest BCUT2D eigenvalue weighted by Gasteiger charge is -2.19. The number of rotatable bonds is 8. The number of carbonyl (C=O) groups excluding carboxylic acids is 2. The zero-order chi connectivity index (χ0) is 19.0. The number of aliphatic hydroxyl groups excluding tert-OH is 1. The quantitative estimate of drug-likeness (QED) is 0.425. The van der Waals surface area contributed by atoms with Gasteiger partial charge in [0.1, 0.15) is 6.04 Å². The number of halogens is 3. The van der Waals surface area contributed by atoms with Crippen LogP contribution >= 0.6 is 0 Å². The lowest BCUT2D eigenvalue weighted by molar-refractivity contribution is -0.146. The molecule has 1 aromatic carbocycles. The number of benzene rings is 1. The van der Waals surface area contributed by atoms with Crippen LogP contribution < -0.4 is 5.32 Å². The van der Waals surface area contributed by atoms with E-state index >= 15 is 0 Å². The van der Waals surface area contributed by atoms with Crippen molar-refractivity contribution in [2.45, 2.75) is 37.6 Å². The average Bonchev–Trinajstić information content (AvgIpc) is 2.58. The molecule has 25 heavy (non-hydrogen) atoms. The number of allylic oxidation sites excluding steroid dienone is 1. The molecule has 0 heterocycles. The second-order valence-corrected chi connectivity index (χ2v) is 5.33. The van der Waals surface area contributed by atoms with Gasteiger partial charge in [-0.15, -0.1) is 6.58 Å². The fourth-order valence-electron chi connectivity index (χ4n) is 2.11. The Morgan fingerprint density at radius 1 is 1.32 bits per heavy atom. The molecule has 2 atom stereocenters. The molecular weight excluding hydrogens is 339 g/mol. The maximum Gasteiger partial charge on any atom is 0.416 e. The standard InChI is InChI=1S/C17H20F3NO4/c1-3-4-5-6-13(16(24)25-2)21-15(23)14(22)11-7-9-12(10-8-11)17(18,19)20/h3,7-10,13-14,22H,1,4-6H2,2H3,(H,21,23)/t13-,14-/m1/s1. The molecule has 0 aliphatic rings. The van der Waals surface area contributed by atoms with Crippen molar-refractivity contribution in [1.29, 1.82) is 0 Å². The topological polar surface area (TPSA) is 75.6 Å². The summed E-state index contributed by atoms with van der Waals surface area (Å²) in [7, 11) is 1.17. The Hall–Kier alpha value is -2.35. The number of unbranched alkanes of at least 4 members (excludes halogenated alkanes) is 1. The number of methoxy groups -OCH3 is 1. The highest BCUT2D eigenvalue weighted by Gasteiger charge is 2.31. The second kappa shape index (κ2) is 9.22. The van der Waals surface area contributed by atoms with Crippen molar-refractivity contribution in [2.75, 3.05) is 7.11 Å². The molecule has 0 unspecified atom stereocenters. The predicted molar refractivity (Wildman–Crippen MR) is 84.4 cm³/mol. The number of nitrogens with one attached hydrogen (secondary N) is 1. The second-order valence-electron chi connectivity index (χ2n) is 5.33. The normalized spacial score (nSPS) is 13.6. The van der Waals surface area contributed by atoms with Gasteiger partial charge in [0.25, 0.3) is 5.91 Å². The summed E-state index contributed by atoms with van der Waals surface area (Å²) in [4.78, 5) is 23.8. The van der Waals surface area contributed by atoms with Crippen LogP contribution in [0.2, 0.25) is 0 Å². The molecule has 0 saturated carbocycles. The monoisotopic (exact) mass is 359 g/mol. The molecule has 0 bridgehead atoms. The first-order valence-corrected chi connectivity index (χ1v) is 7.55. The molecule has 0 saturated heterocycles. The molecule has 0 aliphatic heterocycles. The van der Waals surface area contributed by atoms with Crippen LogP contribution in [0.25, 0.3) is 0 Å². The van der Waals surface area contributed by atoms with Crippen LogP contribution in [-0.2, 0) is 20.5 Å². The van der Waals surface area contributed by atoms with E-state index in [-0.39, 0.29) is 12.0 Å². The Morgan fingerprint density at radius 2 is 1.92 bits per heavy atom. The molecule has 8 heteroatoms. The summed E-state index contributed by atoms with van der Waals surface area (Å²) in [5.74, 6) is -1.56. The van der Waals surface area contributed by atoms with Crippen molar-refractivity contribution in [3.63, 3.8) is 0 Å². The van der Waals surface area contributed by atoms with Crippen molar-refractivity contribution in [2.24, 2.45) is 0 Å². The third-order valence-electron chi connectivity index (χ3n) is 3.51. The number of esters is 1. The Balaban J connectivity index is 2.78. The van der Waals surface area contributed by atoms with Gasteiger partial charge in [-0.05, 0) is 37.0 Å². The summed E-state index contributed by atoms with van der Waals surface area (Å²) in [5, 5.41) is 12.3. The van der Waals surface area contributed by atoms with Gasteiger partial charge >= 0.3 is 12.1 Å². The Morgan fingerprint density at radius 3 is 2.40 bits per heavy atom. The van der Waals surface area contributed by atoms with E-state index in [1.807, 2.05) is 0 Å². The molecule has 138 valence electrons. The first-order chi connectivity index (χ1) is 11.7. The van der Waals surface area contributed by atoms with Gasteiger partial charge < -0.3 is 15.2 Å².